The van der Waals surface area contributed by atoms with Gasteiger partial charge in [0.1, 0.15) is 0 Å². The van der Waals surface area contributed by atoms with Crippen LogP contribution in [0.5, 0.6) is 0 Å². The van der Waals surface area contributed by atoms with Gasteiger partial charge in [-0.1, -0.05) is 41.5 Å². The van der Waals surface area contributed by atoms with Crippen LogP contribution in [0.4, 0.5) is 0 Å². The molecular formula is C13H24O2. The molecule has 15 heavy (non-hydrogen) atoms. The van der Waals surface area contributed by atoms with E-state index in [0.717, 1.165) is 6.42 Å². The van der Waals surface area contributed by atoms with Crippen molar-refractivity contribution in [2.45, 2.75) is 65.8 Å². The fourth-order valence-electron chi connectivity index (χ4n) is 3.04. The molecule has 1 heterocycles. The van der Waals surface area contributed by atoms with Gasteiger partial charge in [-0.05, 0) is 17.3 Å². The summed E-state index contributed by atoms with van der Waals surface area (Å²) in [7, 11) is 0. The van der Waals surface area contributed by atoms with E-state index in [4.69, 9.17) is 4.74 Å². The van der Waals surface area contributed by atoms with Crippen molar-refractivity contribution < 1.29 is 9.84 Å². The van der Waals surface area contributed by atoms with Crippen molar-refractivity contribution in [1.29, 1.82) is 0 Å². The Morgan fingerprint density at radius 3 is 1.93 bits per heavy atom. The Balaban J connectivity index is 2.21. The molecule has 1 N–H and O–H groups in total. The zero-order valence-corrected chi connectivity index (χ0v) is 10.8. The van der Waals surface area contributed by atoms with Gasteiger partial charge in [-0.3, -0.25) is 0 Å². The highest BCUT2D eigenvalue weighted by Crippen LogP contribution is 2.66. The van der Waals surface area contributed by atoms with Crippen LogP contribution >= 0.6 is 0 Å². The van der Waals surface area contributed by atoms with E-state index in [2.05, 4.69) is 41.5 Å². The summed E-state index contributed by atoms with van der Waals surface area (Å²) in [5.41, 5.74) is 0.119. The highest BCUT2D eigenvalue weighted by Gasteiger charge is 2.72. The van der Waals surface area contributed by atoms with E-state index in [-0.39, 0.29) is 28.6 Å². The minimum absolute atomic E-state index is 0.00419. The van der Waals surface area contributed by atoms with Crippen molar-refractivity contribution in [3.05, 3.63) is 0 Å². The van der Waals surface area contributed by atoms with Gasteiger partial charge in [0.2, 0.25) is 0 Å². The molecule has 0 aromatic rings. The summed E-state index contributed by atoms with van der Waals surface area (Å²) < 4.78 is 6.21. The first-order chi connectivity index (χ1) is 6.59. The van der Waals surface area contributed by atoms with E-state index in [1.807, 2.05) is 0 Å². The van der Waals surface area contributed by atoms with Gasteiger partial charge in [0.25, 0.3) is 0 Å². The van der Waals surface area contributed by atoms with Crippen molar-refractivity contribution in [3.63, 3.8) is 0 Å². The minimum atomic E-state index is -0.274. The molecule has 0 radical (unpaired) electrons. The first kappa shape index (κ1) is 11.4. The number of ether oxygens (including phenoxy) is 1. The van der Waals surface area contributed by atoms with Crippen molar-refractivity contribution in [2.24, 2.45) is 16.7 Å². The molecule has 88 valence electrons. The topological polar surface area (TPSA) is 29.5 Å². The second-order valence-electron chi connectivity index (χ2n) is 7.35. The number of fused-ring (bicyclic) bond motifs is 1. The lowest BCUT2D eigenvalue weighted by Gasteiger charge is -2.35. The molecule has 0 spiro atoms. The first-order valence-corrected chi connectivity index (χ1v) is 5.95. The van der Waals surface area contributed by atoms with Gasteiger partial charge in [-0.25, -0.2) is 0 Å². The summed E-state index contributed by atoms with van der Waals surface area (Å²) in [5, 5.41) is 10.2. The maximum atomic E-state index is 10.2. The molecule has 2 heteroatoms. The molecule has 1 saturated heterocycles. The maximum absolute atomic E-state index is 10.2. The number of rotatable bonds is 0. The van der Waals surface area contributed by atoms with Crippen molar-refractivity contribution in [2.75, 3.05) is 0 Å². The number of hydrogen-bond acceptors (Lipinski definition) is 2. The van der Waals surface area contributed by atoms with Crippen molar-refractivity contribution in [3.8, 4) is 0 Å². The monoisotopic (exact) mass is 212 g/mol. The van der Waals surface area contributed by atoms with E-state index < -0.39 is 0 Å². The molecule has 0 amide bonds. The largest absolute Gasteiger partial charge is 0.390 e. The second-order valence-corrected chi connectivity index (χ2v) is 7.35. The molecule has 2 nitrogen and oxygen atoms in total. The number of aliphatic hydroxyl groups is 1. The molecular weight excluding hydrogens is 188 g/mol. The Morgan fingerprint density at radius 2 is 1.67 bits per heavy atom. The van der Waals surface area contributed by atoms with Crippen LogP contribution in [0.1, 0.15) is 48.0 Å². The van der Waals surface area contributed by atoms with Gasteiger partial charge in [0.15, 0.2) is 0 Å². The van der Waals surface area contributed by atoms with E-state index in [1.165, 1.54) is 0 Å². The van der Waals surface area contributed by atoms with Crippen LogP contribution in [-0.2, 0) is 4.74 Å². The third-order valence-corrected chi connectivity index (χ3v) is 4.14. The standard InChI is InChI=1S/C13H24O2/c1-11(2,3)10-9(14)8-7-13(8,15-10)12(4,5)6/h8-10,14H,7H2,1-6H3. The number of hydrogen-bond donors (Lipinski definition) is 1. The van der Waals surface area contributed by atoms with Gasteiger partial charge in [0.05, 0.1) is 17.8 Å². The maximum Gasteiger partial charge on any atom is 0.0893 e. The van der Waals surface area contributed by atoms with Crippen molar-refractivity contribution >= 4 is 0 Å². The quantitative estimate of drug-likeness (QED) is 0.669. The summed E-state index contributed by atoms with van der Waals surface area (Å²) in [4.78, 5) is 0. The molecule has 0 bridgehead atoms. The third-order valence-electron chi connectivity index (χ3n) is 4.14. The summed E-state index contributed by atoms with van der Waals surface area (Å²) in [5.74, 6) is 0.363. The smallest absolute Gasteiger partial charge is 0.0893 e. The molecule has 1 aliphatic carbocycles. The van der Waals surface area contributed by atoms with E-state index in [0.29, 0.717) is 5.92 Å². The Bertz CT molecular complexity index is 271. The minimum Gasteiger partial charge on any atom is -0.390 e. The van der Waals surface area contributed by atoms with Gasteiger partial charge in [-0.15, -0.1) is 0 Å². The predicted octanol–water partition coefficient (Wildman–Crippen LogP) is 2.60. The summed E-state index contributed by atoms with van der Waals surface area (Å²) >= 11 is 0. The van der Waals surface area contributed by atoms with Crippen LogP contribution in [-0.4, -0.2) is 22.9 Å². The van der Waals surface area contributed by atoms with Crippen LogP contribution in [0.15, 0.2) is 0 Å². The molecule has 4 atom stereocenters. The molecule has 0 aromatic carbocycles. The fourth-order valence-corrected chi connectivity index (χ4v) is 3.04. The highest BCUT2D eigenvalue weighted by atomic mass is 16.5. The third kappa shape index (κ3) is 1.45. The lowest BCUT2D eigenvalue weighted by Crippen LogP contribution is -2.39. The van der Waals surface area contributed by atoms with Crippen LogP contribution in [0.3, 0.4) is 0 Å². The Kier molecular flexibility index (Phi) is 2.11. The van der Waals surface area contributed by atoms with Gasteiger partial charge in [-0.2, -0.15) is 0 Å². The van der Waals surface area contributed by atoms with E-state index >= 15 is 0 Å². The second kappa shape index (κ2) is 2.78. The van der Waals surface area contributed by atoms with Crippen LogP contribution in [0.25, 0.3) is 0 Å². The SMILES string of the molecule is CC(C)(C)C1OC2(C(C)(C)C)CC2C1O. The normalized spacial score (nSPS) is 45.4. The highest BCUT2D eigenvalue weighted by molar-refractivity contribution is 5.21. The number of aliphatic hydroxyl groups excluding tert-OH is 1. The van der Waals surface area contributed by atoms with E-state index in [1.54, 1.807) is 0 Å². The van der Waals surface area contributed by atoms with Gasteiger partial charge >= 0.3 is 0 Å². The average Bonchev–Trinajstić information content (AvgIpc) is 2.65. The molecule has 4 unspecified atom stereocenters. The van der Waals surface area contributed by atoms with Crippen LogP contribution < -0.4 is 0 Å². The molecule has 0 aromatic heterocycles. The summed E-state index contributed by atoms with van der Waals surface area (Å²) in [6.07, 6.45) is 0.754. The molecule has 2 aliphatic rings. The zero-order valence-electron chi connectivity index (χ0n) is 10.8. The molecule has 1 aliphatic heterocycles. The van der Waals surface area contributed by atoms with Gasteiger partial charge < -0.3 is 9.84 Å². The lowest BCUT2D eigenvalue weighted by atomic mass is 9.84. The van der Waals surface area contributed by atoms with Gasteiger partial charge in [0, 0.05) is 5.92 Å². The first-order valence-electron chi connectivity index (χ1n) is 5.95. The Hall–Kier alpha value is -0.0800. The van der Waals surface area contributed by atoms with Crippen LogP contribution in [0.2, 0.25) is 0 Å². The average molecular weight is 212 g/mol. The molecule has 1 saturated carbocycles. The van der Waals surface area contributed by atoms with Crippen LogP contribution in [0, 0.1) is 16.7 Å². The van der Waals surface area contributed by atoms with Crippen molar-refractivity contribution in [1.82, 2.24) is 0 Å². The molecule has 2 rings (SSSR count). The summed E-state index contributed by atoms with van der Waals surface area (Å²) in [6, 6.07) is 0. The van der Waals surface area contributed by atoms with E-state index in [9.17, 15) is 5.11 Å². The lowest BCUT2D eigenvalue weighted by molar-refractivity contribution is -0.117. The summed E-state index contributed by atoms with van der Waals surface area (Å²) in [6.45, 7) is 13.1. The Labute approximate surface area is 93.0 Å². The predicted molar refractivity (Wildman–Crippen MR) is 60.6 cm³/mol. The molecule has 2 fully saturated rings. The fraction of sp³-hybridized carbons (Fsp3) is 1.00. The zero-order chi connectivity index (χ0) is 11.6. The Morgan fingerprint density at radius 1 is 1.13 bits per heavy atom.